The predicted molar refractivity (Wildman–Crippen MR) is 91.0 cm³/mol. The van der Waals surface area contributed by atoms with E-state index in [-0.39, 0.29) is 11.7 Å². The van der Waals surface area contributed by atoms with Gasteiger partial charge < -0.3 is 10.1 Å². The molecule has 0 aliphatic heterocycles. The Labute approximate surface area is 149 Å². The third kappa shape index (κ3) is 4.65. The average molecular weight is 368 g/mol. The molecule has 0 saturated carbocycles. The standard InChI is InChI=1S/C19H20F4N2O/c20-18-16-5-1-3-13(11-25-14-4-2-9-24-12-14)15(16)6-7-17(18)26-10-8-19(21,22)23/h2,4,6-7,9,12-13,25H,1,3,5,8,10-11H2. The highest BCUT2D eigenvalue weighted by atomic mass is 19.4. The Bertz CT molecular complexity index is 734. The second-order valence-electron chi connectivity index (χ2n) is 6.37. The van der Waals surface area contributed by atoms with E-state index in [0.717, 1.165) is 24.1 Å². The maximum atomic E-state index is 14.7. The van der Waals surface area contributed by atoms with Crippen LogP contribution in [0.1, 0.15) is 36.3 Å². The third-order valence-corrected chi connectivity index (χ3v) is 4.52. The molecule has 1 atom stereocenters. The van der Waals surface area contributed by atoms with Crippen molar-refractivity contribution in [3.05, 3.63) is 53.6 Å². The molecular formula is C19H20F4N2O. The molecule has 1 aliphatic carbocycles. The van der Waals surface area contributed by atoms with Crippen LogP contribution in [0.3, 0.4) is 0 Å². The number of rotatable bonds is 6. The van der Waals surface area contributed by atoms with Crippen molar-refractivity contribution in [3.8, 4) is 5.75 Å². The number of halogens is 4. The molecule has 140 valence electrons. The largest absolute Gasteiger partial charge is 0.490 e. The number of fused-ring (bicyclic) bond motifs is 1. The zero-order valence-electron chi connectivity index (χ0n) is 14.2. The maximum absolute atomic E-state index is 14.7. The van der Waals surface area contributed by atoms with Gasteiger partial charge in [0.15, 0.2) is 11.6 Å². The number of hydrogen-bond donors (Lipinski definition) is 1. The second-order valence-corrected chi connectivity index (χ2v) is 6.37. The van der Waals surface area contributed by atoms with Crippen molar-refractivity contribution >= 4 is 5.69 Å². The molecule has 2 aromatic rings. The number of hydrogen-bond acceptors (Lipinski definition) is 3. The Hall–Kier alpha value is -2.31. The molecule has 1 aliphatic rings. The summed E-state index contributed by atoms with van der Waals surface area (Å²) in [6, 6.07) is 6.96. The van der Waals surface area contributed by atoms with Crippen LogP contribution in [0, 0.1) is 5.82 Å². The van der Waals surface area contributed by atoms with Crippen LogP contribution in [0.25, 0.3) is 0 Å². The summed E-state index contributed by atoms with van der Waals surface area (Å²) in [4.78, 5) is 4.05. The van der Waals surface area contributed by atoms with E-state index in [1.165, 1.54) is 6.07 Å². The number of nitrogens with one attached hydrogen (secondary N) is 1. The van der Waals surface area contributed by atoms with Gasteiger partial charge in [-0.25, -0.2) is 4.39 Å². The first kappa shape index (κ1) is 18.5. The van der Waals surface area contributed by atoms with Gasteiger partial charge in [0.05, 0.1) is 18.7 Å². The van der Waals surface area contributed by atoms with Gasteiger partial charge >= 0.3 is 6.18 Å². The van der Waals surface area contributed by atoms with Gasteiger partial charge in [0.25, 0.3) is 0 Å². The first-order chi connectivity index (χ1) is 12.4. The van der Waals surface area contributed by atoms with E-state index in [4.69, 9.17) is 4.74 Å². The van der Waals surface area contributed by atoms with E-state index in [9.17, 15) is 17.6 Å². The van der Waals surface area contributed by atoms with E-state index >= 15 is 0 Å². The minimum absolute atomic E-state index is 0.103. The van der Waals surface area contributed by atoms with Gasteiger partial charge in [-0.2, -0.15) is 13.2 Å². The number of pyridine rings is 1. The highest BCUT2D eigenvalue weighted by Gasteiger charge is 2.28. The highest BCUT2D eigenvalue weighted by molar-refractivity contribution is 5.44. The number of anilines is 1. The van der Waals surface area contributed by atoms with Gasteiger partial charge in [0, 0.05) is 24.9 Å². The maximum Gasteiger partial charge on any atom is 0.392 e. The Kier molecular flexibility index (Phi) is 5.64. The van der Waals surface area contributed by atoms with E-state index in [1.54, 1.807) is 18.5 Å². The summed E-state index contributed by atoms with van der Waals surface area (Å²) in [7, 11) is 0. The van der Waals surface area contributed by atoms with Crippen molar-refractivity contribution in [1.29, 1.82) is 0 Å². The molecule has 7 heteroatoms. The fourth-order valence-electron chi connectivity index (χ4n) is 3.24. The minimum Gasteiger partial charge on any atom is -0.490 e. The number of benzene rings is 1. The summed E-state index contributed by atoms with van der Waals surface area (Å²) in [6.07, 6.45) is 0.331. The molecule has 0 amide bonds. The molecule has 1 unspecified atom stereocenters. The Balaban J connectivity index is 1.69. The molecule has 0 saturated heterocycles. The molecule has 1 aromatic heterocycles. The Morgan fingerprint density at radius 1 is 1.23 bits per heavy atom. The van der Waals surface area contributed by atoms with Crippen molar-refractivity contribution in [1.82, 2.24) is 4.98 Å². The molecule has 0 spiro atoms. The summed E-state index contributed by atoms with van der Waals surface area (Å²) in [5, 5.41) is 3.30. The summed E-state index contributed by atoms with van der Waals surface area (Å²) in [6.45, 7) is 0.0671. The van der Waals surface area contributed by atoms with Crippen LogP contribution in [0.4, 0.5) is 23.2 Å². The first-order valence-electron chi connectivity index (χ1n) is 8.59. The van der Waals surface area contributed by atoms with Gasteiger partial charge in [-0.3, -0.25) is 4.98 Å². The van der Waals surface area contributed by atoms with Crippen LogP contribution >= 0.6 is 0 Å². The molecule has 3 nitrogen and oxygen atoms in total. The lowest BCUT2D eigenvalue weighted by atomic mass is 9.82. The zero-order chi connectivity index (χ0) is 18.6. The number of ether oxygens (including phenoxy) is 1. The van der Waals surface area contributed by atoms with Crippen LogP contribution in [-0.4, -0.2) is 24.3 Å². The molecule has 26 heavy (non-hydrogen) atoms. The lowest BCUT2D eigenvalue weighted by Crippen LogP contribution is -2.20. The van der Waals surface area contributed by atoms with Crippen molar-refractivity contribution in [2.75, 3.05) is 18.5 Å². The normalized spacial score (nSPS) is 16.8. The number of alkyl halides is 3. The molecule has 0 fully saturated rings. The van der Waals surface area contributed by atoms with E-state index in [2.05, 4.69) is 10.3 Å². The fourth-order valence-corrected chi connectivity index (χ4v) is 3.24. The molecule has 0 bridgehead atoms. The Morgan fingerprint density at radius 3 is 2.81 bits per heavy atom. The number of nitrogens with zero attached hydrogens (tertiary/aromatic N) is 1. The van der Waals surface area contributed by atoms with Gasteiger partial charge in [0.2, 0.25) is 0 Å². The monoisotopic (exact) mass is 368 g/mol. The van der Waals surface area contributed by atoms with Crippen molar-refractivity contribution < 1.29 is 22.3 Å². The van der Waals surface area contributed by atoms with Gasteiger partial charge in [-0.15, -0.1) is 0 Å². The predicted octanol–water partition coefficient (Wildman–Crippen LogP) is 5.08. The molecule has 1 aromatic carbocycles. The zero-order valence-corrected chi connectivity index (χ0v) is 14.2. The van der Waals surface area contributed by atoms with E-state index in [1.807, 2.05) is 12.1 Å². The van der Waals surface area contributed by atoms with E-state index < -0.39 is 25.0 Å². The third-order valence-electron chi connectivity index (χ3n) is 4.52. The SMILES string of the molecule is Fc1c(OCCC(F)(F)F)ccc2c1CCCC2CNc1cccnc1. The summed E-state index contributed by atoms with van der Waals surface area (Å²) < 4.78 is 56.4. The van der Waals surface area contributed by atoms with Crippen LogP contribution < -0.4 is 10.1 Å². The lowest BCUT2D eigenvalue weighted by molar-refractivity contribution is -0.139. The Morgan fingerprint density at radius 2 is 2.08 bits per heavy atom. The van der Waals surface area contributed by atoms with Crippen LogP contribution in [0.15, 0.2) is 36.7 Å². The van der Waals surface area contributed by atoms with Crippen LogP contribution in [0.5, 0.6) is 5.75 Å². The highest BCUT2D eigenvalue weighted by Crippen LogP contribution is 2.36. The minimum atomic E-state index is -4.31. The summed E-state index contributed by atoms with van der Waals surface area (Å²) in [5.74, 6) is -0.498. The first-order valence-corrected chi connectivity index (χ1v) is 8.59. The topological polar surface area (TPSA) is 34.1 Å². The van der Waals surface area contributed by atoms with Gasteiger partial charge in [0.1, 0.15) is 0 Å². The second kappa shape index (κ2) is 7.93. The van der Waals surface area contributed by atoms with Crippen molar-refractivity contribution in [2.45, 2.75) is 37.8 Å². The van der Waals surface area contributed by atoms with Gasteiger partial charge in [-0.1, -0.05) is 6.07 Å². The van der Waals surface area contributed by atoms with Gasteiger partial charge in [-0.05, 0) is 48.6 Å². The smallest absolute Gasteiger partial charge is 0.392 e. The summed E-state index contributed by atoms with van der Waals surface area (Å²) >= 11 is 0. The fraction of sp³-hybridized carbons (Fsp3) is 0.421. The quantitative estimate of drug-likeness (QED) is 0.722. The molecular weight excluding hydrogens is 348 g/mol. The van der Waals surface area contributed by atoms with Crippen molar-refractivity contribution in [3.63, 3.8) is 0 Å². The lowest BCUT2D eigenvalue weighted by Gasteiger charge is -2.27. The molecule has 1 heterocycles. The summed E-state index contributed by atoms with van der Waals surface area (Å²) in [5.41, 5.74) is 2.35. The van der Waals surface area contributed by atoms with Crippen molar-refractivity contribution in [2.24, 2.45) is 0 Å². The van der Waals surface area contributed by atoms with Crippen LogP contribution in [0.2, 0.25) is 0 Å². The van der Waals surface area contributed by atoms with E-state index in [0.29, 0.717) is 18.5 Å². The molecule has 0 radical (unpaired) electrons. The molecule has 3 rings (SSSR count). The average Bonchev–Trinajstić information content (AvgIpc) is 2.62. The number of aromatic nitrogens is 1. The molecule has 1 N–H and O–H groups in total. The van der Waals surface area contributed by atoms with Crippen LogP contribution in [-0.2, 0) is 6.42 Å².